The lowest BCUT2D eigenvalue weighted by Crippen LogP contribution is -2.37. The summed E-state index contributed by atoms with van der Waals surface area (Å²) in [6.07, 6.45) is 132. The molecule has 10 heteroatoms. The van der Waals surface area contributed by atoms with Crippen LogP contribution in [0.2, 0.25) is 0 Å². The molecule has 0 amide bonds. The van der Waals surface area contributed by atoms with E-state index in [1.54, 1.807) is 0 Å². The van der Waals surface area contributed by atoms with Gasteiger partial charge >= 0.3 is 19.8 Å². The van der Waals surface area contributed by atoms with Gasteiger partial charge in [-0.2, -0.15) is 0 Å². The molecule has 9 nitrogen and oxygen atoms in total. The predicted molar refractivity (Wildman–Crippen MR) is 463 cm³/mol. The standard InChI is InChI=1S/C96H156NO8P/c1-6-8-10-12-14-16-18-20-22-24-26-28-30-32-34-36-38-40-42-44-46-48-50-52-54-56-58-60-62-64-66-68-70-72-74-76-78-80-82-84-86-88-95(98)102-92-94(93-104-106(100,101)103-91-90-97(3,4)5)105-96(99)89-87-85-83-81-79-77-75-73-71-69-67-65-63-61-59-57-55-53-51-49-47-45-43-41-39-37-35-33-31-29-27-25-23-21-19-17-15-13-11-9-7-2/h8-11,14-17,20-23,26-29,32-35,38-41,45,47,51,53,57,59,63,65,69,71,75,77,94H,6-7,12-13,18-19,24-25,30-31,36-37,42-44,46,48-50,52,54-56,58,60-62,64,66-68,70,72-74,76,78-93H2,1-5H3/p+1/b10-8-,11-9-,16-14-,17-15-,22-20-,23-21-,28-26-,29-27-,34-32-,35-33-,40-38-,41-39-,47-45-,53-51-,59-57-,65-63-,71-69-,77-75-. The van der Waals surface area contributed by atoms with Crippen molar-refractivity contribution in [3.63, 3.8) is 0 Å². The van der Waals surface area contributed by atoms with Gasteiger partial charge in [0, 0.05) is 12.8 Å². The third-order valence-electron chi connectivity index (χ3n) is 17.5. The first-order valence-electron chi connectivity index (χ1n) is 42.5. The first kappa shape index (κ1) is 100. The number of hydrogen-bond acceptors (Lipinski definition) is 7. The van der Waals surface area contributed by atoms with Crippen molar-refractivity contribution in [1.82, 2.24) is 0 Å². The van der Waals surface area contributed by atoms with Gasteiger partial charge < -0.3 is 18.9 Å². The van der Waals surface area contributed by atoms with E-state index >= 15 is 0 Å². The zero-order valence-electron chi connectivity index (χ0n) is 68.3. The molecule has 0 heterocycles. The fourth-order valence-corrected chi connectivity index (χ4v) is 11.9. The molecule has 0 aliphatic heterocycles. The Morgan fingerprint density at radius 3 is 0.755 bits per heavy atom. The van der Waals surface area contributed by atoms with Crippen molar-refractivity contribution in [2.75, 3.05) is 47.5 Å². The van der Waals surface area contributed by atoms with Gasteiger partial charge in [-0.1, -0.05) is 374 Å². The highest BCUT2D eigenvalue weighted by molar-refractivity contribution is 7.47. The molecule has 0 fully saturated rings. The molecule has 0 saturated carbocycles. The number of esters is 2. The summed E-state index contributed by atoms with van der Waals surface area (Å²) >= 11 is 0. The number of allylic oxidation sites excluding steroid dienone is 36. The summed E-state index contributed by atoms with van der Waals surface area (Å²) in [7, 11) is 1.44. The van der Waals surface area contributed by atoms with Crippen molar-refractivity contribution < 1.29 is 42.1 Å². The number of phosphoric ester groups is 1. The van der Waals surface area contributed by atoms with Crippen LogP contribution < -0.4 is 0 Å². The molecular weight excluding hydrogens is 1330 g/mol. The van der Waals surface area contributed by atoms with Gasteiger partial charge in [0.15, 0.2) is 6.10 Å². The largest absolute Gasteiger partial charge is 0.472 e. The number of ether oxygens (including phenoxy) is 2. The van der Waals surface area contributed by atoms with Crippen LogP contribution in [0, 0.1) is 0 Å². The lowest BCUT2D eigenvalue weighted by molar-refractivity contribution is -0.870. The van der Waals surface area contributed by atoms with Crippen LogP contribution >= 0.6 is 7.82 Å². The lowest BCUT2D eigenvalue weighted by Gasteiger charge is -2.24. The summed E-state index contributed by atoms with van der Waals surface area (Å²) in [6, 6.07) is 0. The average molecular weight is 1480 g/mol. The minimum absolute atomic E-state index is 0.0174. The molecule has 0 saturated heterocycles. The van der Waals surface area contributed by atoms with Crippen LogP contribution in [0.4, 0.5) is 0 Å². The minimum Gasteiger partial charge on any atom is -0.462 e. The normalized spacial score (nSPS) is 14.1. The van der Waals surface area contributed by atoms with Crippen molar-refractivity contribution in [3.05, 3.63) is 219 Å². The second-order valence-corrected chi connectivity index (χ2v) is 30.2. The summed E-state index contributed by atoms with van der Waals surface area (Å²) in [4.78, 5) is 36.0. The zero-order chi connectivity index (χ0) is 76.8. The maximum atomic E-state index is 12.9. The number of carbonyl (C=O) groups excluding carboxylic acids is 2. The van der Waals surface area contributed by atoms with Crippen LogP contribution in [-0.2, 0) is 32.7 Å². The summed E-state index contributed by atoms with van der Waals surface area (Å²) in [5, 5.41) is 0. The van der Waals surface area contributed by atoms with Gasteiger partial charge in [0.05, 0.1) is 27.7 Å². The van der Waals surface area contributed by atoms with Crippen LogP contribution in [0.1, 0.15) is 322 Å². The zero-order valence-corrected chi connectivity index (χ0v) is 69.2. The van der Waals surface area contributed by atoms with Gasteiger partial charge in [0.2, 0.25) is 0 Å². The molecule has 0 spiro atoms. The molecule has 0 bridgehead atoms. The number of phosphoric acid groups is 1. The molecule has 0 aromatic carbocycles. The van der Waals surface area contributed by atoms with Gasteiger partial charge in [-0.15, -0.1) is 0 Å². The van der Waals surface area contributed by atoms with Gasteiger partial charge in [0.1, 0.15) is 19.8 Å². The maximum Gasteiger partial charge on any atom is 0.472 e. The highest BCUT2D eigenvalue weighted by atomic mass is 31.2. The molecule has 2 unspecified atom stereocenters. The molecule has 106 heavy (non-hydrogen) atoms. The van der Waals surface area contributed by atoms with Crippen LogP contribution in [0.15, 0.2) is 219 Å². The number of hydrogen-bond donors (Lipinski definition) is 1. The molecular formula is C96H157NO8P+. The van der Waals surface area contributed by atoms with Crippen LogP contribution in [0.3, 0.4) is 0 Å². The van der Waals surface area contributed by atoms with Crippen LogP contribution in [0.25, 0.3) is 0 Å². The number of nitrogens with zero attached hydrogens (tertiary/aromatic N) is 1. The van der Waals surface area contributed by atoms with E-state index in [1.807, 2.05) is 21.1 Å². The maximum absolute atomic E-state index is 12.9. The fourth-order valence-electron chi connectivity index (χ4n) is 11.1. The molecule has 1 N–H and O–H groups in total. The van der Waals surface area contributed by atoms with Gasteiger partial charge in [-0.05, 0) is 154 Å². The Kier molecular flexibility index (Phi) is 78.9. The van der Waals surface area contributed by atoms with E-state index in [9.17, 15) is 19.0 Å². The van der Waals surface area contributed by atoms with E-state index < -0.39 is 26.5 Å². The number of carbonyl (C=O) groups is 2. The molecule has 0 aromatic rings. The smallest absolute Gasteiger partial charge is 0.462 e. The van der Waals surface area contributed by atoms with Crippen molar-refractivity contribution in [3.8, 4) is 0 Å². The highest BCUT2D eigenvalue weighted by Gasteiger charge is 2.27. The number of quaternary nitrogens is 1. The molecule has 0 aromatic heterocycles. The van der Waals surface area contributed by atoms with E-state index in [4.69, 9.17) is 18.5 Å². The third-order valence-corrected chi connectivity index (χ3v) is 18.5. The summed E-state index contributed by atoms with van der Waals surface area (Å²) in [5.41, 5.74) is 0. The Morgan fingerprint density at radius 1 is 0.292 bits per heavy atom. The third kappa shape index (κ3) is 87.2. The van der Waals surface area contributed by atoms with Crippen LogP contribution in [0.5, 0.6) is 0 Å². The summed E-state index contributed by atoms with van der Waals surface area (Å²) in [5.74, 6) is -0.830. The van der Waals surface area contributed by atoms with Gasteiger partial charge in [-0.25, -0.2) is 4.57 Å². The van der Waals surface area contributed by atoms with E-state index in [0.29, 0.717) is 17.4 Å². The number of rotatable bonds is 76. The highest BCUT2D eigenvalue weighted by Crippen LogP contribution is 2.43. The molecule has 0 rings (SSSR count). The van der Waals surface area contributed by atoms with E-state index in [2.05, 4.69) is 233 Å². The Balaban J connectivity index is 4.05. The molecule has 2 atom stereocenters. The van der Waals surface area contributed by atoms with Crippen molar-refractivity contribution in [1.29, 1.82) is 0 Å². The molecule has 0 radical (unpaired) electrons. The number of unbranched alkanes of at least 4 members (excludes halogenated alkanes) is 26. The molecule has 0 aliphatic carbocycles. The second kappa shape index (κ2) is 83.4. The SMILES string of the molecule is CC/C=C\C/C=C\C/C=C\C/C=C\C/C=C\C/C=C\C/C=C\C/C=C\C/C=C\C/C=C\C/C=C\C/C=C\CCCCCCC(=O)OC(COC(=O)CCCCCCCCCCCCCCCCCCCCCCCC/C=C\C/C=C\C/C=C\C/C=C\C/C=C\C/C=C\CC)COP(=O)(O)OCC[N+](C)(C)C. The van der Waals surface area contributed by atoms with Crippen LogP contribution in [-0.4, -0.2) is 74.9 Å². The Morgan fingerprint density at radius 2 is 0.509 bits per heavy atom. The average Bonchev–Trinajstić information content (AvgIpc) is 0.908. The first-order chi connectivity index (χ1) is 52.0. The lowest BCUT2D eigenvalue weighted by atomic mass is 10.0. The van der Waals surface area contributed by atoms with Crippen molar-refractivity contribution in [2.45, 2.75) is 328 Å². The molecule has 598 valence electrons. The van der Waals surface area contributed by atoms with Crippen molar-refractivity contribution >= 4 is 19.8 Å². The van der Waals surface area contributed by atoms with Gasteiger partial charge in [-0.3, -0.25) is 18.6 Å². The Labute approximate surface area is 652 Å². The second-order valence-electron chi connectivity index (χ2n) is 28.7. The van der Waals surface area contributed by atoms with Gasteiger partial charge in [0.25, 0.3) is 0 Å². The van der Waals surface area contributed by atoms with E-state index in [-0.39, 0.29) is 32.0 Å². The molecule has 0 aliphatic rings. The Hall–Kier alpha value is -5.67. The predicted octanol–water partition coefficient (Wildman–Crippen LogP) is 29.1. The number of likely N-dealkylation sites (N-methyl/N-ethyl adjacent to an activating group) is 1. The monoisotopic (exact) mass is 1480 g/mol. The van der Waals surface area contributed by atoms with E-state index in [0.717, 1.165) is 161 Å². The summed E-state index contributed by atoms with van der Waals surface area (Å²) < 4.78 is 34.8. The quantitative estimate of drug-likeness (QED) is 0.0211. The topological polar surface area (TPSA) is 108 Å². The fraction of sp³-hybridized carbons (Fsp3) is 0.604. The minimum atomic E-state index is -4.42. The Bertz CT molecular complexity index is 2610. The summed E-state index contributed by atoms with van der Waals surface area (Å²) in [6.45, 7) is 4.18. The van der Waals surface area contributed by atoms with Crippen molar-refractivity contribution in [2.24, 2.45) is 0 Å². The van der Waals surface area contributed by atoms with E-state index in [1.165, 1.54) is 128 Å². The first-order valence-corrected chi connectivity index (χ1v) is 44.0.